The molecule has 312 valence electrons. The summed E-state index contributed by atoms with van der Waals surface area (Å²) in [6.45, 7) is 2.77. The number of nitrogens with two attached hydrogens (primary N) is 1. The van der Waals surface area contributed by atoms with E-state index in [0.717, 1.165) is 38.5 Å². The molecule has 0 aromatic heterocycles. The lowest BCUT2D eigenvalue weighted by Crippen LogP contribution is -2.34. The molecule has 0 radical (unpaired) electrons. The second kappa shape index (κ2) is 37.2. The van der Waals surface area contributed by atoms with Crippen molar-refractivity contribution in [2.75, 3.05) is 19.8 Å². The second-order valence-corrected chi connectivity index (χ2v) is 15.9. The van der Waals surface area contributed by atoms with Crippen LogP contribution in [-0.4, -0.2) is 59.9 Å². The van der Waals surface area contributed by atoms with Crippen LogP contribution in [0.2, 0.25) is 0 Å². The van der Waals surface area contributed by atoms with Crippen LogP contribution in [0.25, 0.3) is 0 Å². The summed E-state index contributed by atoms with van der Waals surface area (Å²) >= 11 is 0. The summed E-state index contributed by atoms with van der Waals surface area (Å²) in [5.41, 5.74) is 5.32. The van der Waals surface area contributed by atoms with Crippen LogP contribution in [0, 0.1) is 0 Å². The molecule has 3 atom stereocenters. The van der Waals surface area contributed by atoms with E-state index in [4.69, 9.17) is 24.8 Å². The number of aliphatic carboxylic acids is 1. The largest absolute Gasteiger partial charge is 0.480 e. The van der Waals surface area contributed by atoms with Crippen molar-refractivity contribution in [2.24, 2.45) is 5.73 Å². The topological polar surface area (TPSA) is 172 Å². The van der Waals surface area contributed by atoms with Gasteiger partial charge in [0.25, 0.3) is 0 Å². The lowest BCUT2D eigenvalue weighted by molar-refractivity contribution is -0.161. The fraction of sp³-hybridized carbons (Fsp3) is 0.878. The molecule has 0 fully saturated rings. The summed E-state index contributed by atoms with van der Waals surface area (Å²) in [5.74, 6) is -2.38. The van der Waals surface area contributed by atoms with Crippen LogP contribution in [0.15, 0.2) is 12.2 Å². The number of carbonyl (C=O) groups is 3. The van der Waals surface area contributed by atoms with E-state index in [2.05, 4.69) is 30.5 Å². The molecule has 0 aliphatic carbocycles. The molecular weight excluding hydrogens is 697 g/mol. The van der Waals surface area contributed by atoms with Gasteiger partial charge in [0, 0.05) is 12.8 Å². The van der Waals surface area contributed by atoms with Crippen molar-refractivity contribution in [1.29, 1.82) is 0 Å². The summed E-state index contributed by atoms with van der Waals surface area (Å²) < 4.78 is 32.6. The Kier molecular flexibility index (Phi) is 35.9. The number of carboxylic acid groups (broad SMARTS) is 1. The highest BCUT2D eigenvalue weighted by atomic mass is 31.2. The third-order valence-electron chi connectivity index (χ3n) is 9.26. The molecule has 3 unspecified atom stereocenters. The zero-order valence-corrected chi connectivity index (χ0v) is 34.5. The first-order valence-electron chi connectivity index (χ1n) is 21.2. The third kappa shape index (κ3) is 36.9. The van der Waals surface area contributed by atoms with E-state index in [1.165, 1.54) is 122 Å². The van der Waals surface area contributed by atoms with E-state index in [1.54, 1.807) is 0 Å². The van der Waals surface area contributed by atoms with Crippen molar-refractivity contribution < 1.29 is 47.5 Å². The van der Waals surface area contributed by atoms with Gasteiger partial charge in [0.05, 0.1) is 13.2 Å². The summed E-state index contributed by atoms with van der Waals surface area (Å²) in [6, 6.07) is -1.52. The number of phosphoric ester groups is 1. The smallest absolute Gasteiger partial charge is 0.472 e. The highest BCUT2D eigenvalue weighted by Gasteiger charge is 2.28. The van der Waals surface area contributed by atoms with Crippen LogP contribution in [-0.2, 0) is 37.5 Å². The molecule has 0 bridgehead atoms. The number of unbranched alkanes of at least 4 members (excludes halogenated alkanes) is 24. The molecular formula is C41H78NO10P. The van der Waals surface area contributed by atoms with Gasteiger partial charge in [0.2, 0.25) is 0 Å². The Balaban J connectivity index is 4.23. The van der Waals surface area contributed by atoms with Crippen molar-refractivity contribution >= 4 is 25.7 Å². The van der Waals surface area contributed by atoms with Crippen molar-refractivity contribution in [3.05, 3.63) is 12.2 Å². The molecule has 0 saturated heterocycles. The van der Waals surface area contributed by atoms with Gasteiger partial charge in [-0.05, 0) is 38.5 Å². The van der Waals surface area contributed by atoms with E-state index < -0.39 is 51.1 Å². The molecule has 0 heterocycles. The molecule has 0 saturated carbocycles. The van der Waals surface area contributed by atoms with E-state index >= 15 is 0 Å². The van der Waals surface area contributed by atoms with Gasteiger partial charge >= 0.3 is 25.7 Å². The first-order valence-corrected chi connectivity index (χ1v) is 22.7. The number of carboxylic acids is 1. The number of esters is 2. The molecule has 0 amide bonds. The second-order valence-electron chi connectivity index (χ2n) is 14.5. The number of allylic oxidation sites excluding steroid dienone is 2. The minimum atomic E-state index is -4.70. The number of rotatable bonds is 40. The van der Waals surface area contributed by atoms with E-state index in [1.807, 2.05) is 0 Å². The third-order valence-corrected chi connectivity index (χ3v) is 10.2. The molecule has 0 aromatic carbocycles. The van der Waals surface area contributed by atoms with Gasteiger partial charge < -0.3 is 25.2 Å². The Morgan fingerprint density at radius 3 is 1.38 bits per heavy atom. The fourth-order valence-corrected chi connectivity index (χ4v) is 6.66. The minimum Gasteiger partial charge on any atom is -0.480 e. The average Bonchev–Trinajstić information content (AvgIpc) is 3.13. The minimum absolute atomic E-state index is 0.163. The fourth-order valence-electron chi connectivity index (χ4n) is 5.88. The van der Waals surface area contributed by atoms with Crippen molar-refractivity contribution in [1.82, 2.24) is 0 Å². The number of hydrogen-bond acceptors (Lipinski definition) is 9. The summed E-state index contributed by atoms with van der Waals surface area (Å²) in [5, 5.41) is 8.86. The summed E-state index contributed by atoms with van der Waals surface area (Å²) in [6.07, 6.45) is 35.8. The molecule has 0 rings (SSSR count). The molecule has 53 heavy (non-hydrogen) atoms. The summed E-state index contributed by atoms with van der Waals surface area (Å²) in [7, 11) is -4.70. The highest BCUT2D eigenvalue weighted by molar-refractivity contribution is 7.47. The van der Waals surface area contributed by atoms with Gasteiger partial charge in [0.1, 0.15) is 12.6 Å². The Morgan fingerprint density at radius 2 is 0.943 bits per heavy atom. The molecule has 0 spiro atoms. The number of phosphoric acid groups is 1. The molecule has 4 N–H and O–H groups in total. The van der Waals surface area contributed by atoms with Crippen LogP contribution < -0.4 is 5.73 Å². The molecule has 12 heteroatoms. The predicted octanol–water partition coefficient (Wildman–Crippen LogP) is 10.9. The Morgan fingerprint density at radius 1 is 0.566 bits per heavy atom. The maximum absolute atomic E-state index is 12.6. The number of hydrogen-bond donors (Lipinski definition) is 3. The van der Waals surface area contributed by atoms with Crippen molar-refractivity contribution in [3.63, 3.8) is 0 Å². The molecule has 0 aromatic rings. The normalized spacial score (nSPS) is 13.9. The van der Waals surface area contributed by atoms with Gasteiger partial charge in [-0.15, -0.1) is 0 Å². The summed E-state index contributed by atoms with van der Waals surface area (Å²) in [4.78, 5) is 45.7. The SMILES string of the molecule is CCCCCCCCCC/C=C\CCCCCCCCCCCC(=O)OC(COC(=O)CCCCCCCCCC)COP(=O)(O)OCC(N)C(=O)O. The first-order chi connectivity index (χ1) is 25.6. The first kappa shape index (κ1) is 51.2. The zero-order chi connectivity index (χ0) is 39.3. The maximum atomic E-state index is 12.6. The van der Waals surface area contributed by atoms with Crippen molar-refractivity contribution in [2.45, 2.75) is 212 Å². The lowest BCUT2D eigenvalue weighted by Gasteiger charge is -2.20. The van der Waals surface area contributed by atoms with E-state index in [0.29, 0.717) is 12.8 Å². The molecule has 0 aliphatic heterocycles. The van der Waals surface area contributed by atoms with Gasteiger partial charge in [-0.1, -0.05) is 161 Å². The van der Waals surface area contributed by atoms with Crippen molar-refractivity contribution in [3.8, 4) is 0 Å². The number of ether oxygens (including phenoxy) is 2. The predicted molar refractivity (Wildman–Crippen MR) is 213 cm³/mol. The van der Waals surface area contributed by atoms with Crippen LogP contribution in [0.4, 0.5) is 0 Å². The van der Waals surface area contributed by atoms with Crippen LogP contribution in [0.1, 0.15) is 200 Å². The van der Waals surface area contributed by atoms with E-state index in [9.17, 15) is 23.8 Å². The Hall–Kier alpha value is -1.78. The quantitative estimate of drug-likeness (QED) is 0.0234. The number of carbonyl (C=O) groups excluding carboxylic acids is 2. The van der Waals surface area contributed by atoms with Gasteiger partial charge in [-0.3, -0.25) is 23.4 Å². The average molecular weight is 776 g/mol. The van der Waals surface area contributed by atoms with E-state index in [-0.39, 0.29) is 19.4 Å². The highest BCUT2D eigenvalue weighted by Crippen LogP contribution is 2.43. The van der Waals surface area contributed by atoms with Gasteiger partial charge in [0.15, 0.2) is 6.10 Å². The Bertz CT molecular complexity index is 963. The molecule has 11 nitrogen and oxygen atoms in total. The zero-order valence-electron chi connectivity index (χ0n) is 33.6. The standard InChI is InChI=1S/C41H78NO10P/c1-3-5-7-9-11-13-14-15-16-17-18-19-20-21-22-23-24-25-27-29-31-33-40(44)52-37(35-50-53(47,48)51-36-38(42)41(45)46)34-49-39(43)32-30-28-26-12-10-8-6-4-2/h17-18,37-38H,3-16,19-36,42H2,1-2H3,(H,45,46)(H,47,48)/b18-17-. The Labute approximate surface area is 322 Å². The lowest BCUT2D eigenvalue weighted by atomic mass is 10.1. The van der Waals surface area contributed by atoms with Gasteiger partial charge in [-0.25, -0.2) is 4.57 Å². The monoisotopic (exact) mass is 776 g/mol. The maximum Gasteiger partial charge on any atom is 0.472 e. The van der Waals surface area contributed by atoms with Crippen LogP contribution >= 0.6 is 7.82 Å². The van der Waals surface area contributed by atoms with Crippen LogP contribution in [0.3, 0.4) is 0 Å². The van der Waals surface area contributed by atoms with Gasteiger partial charge in [-0.2, -0.15) is 0 Å². The molecule has 0 aliphatic rings. The van der Waals surface area contributed by atoms with Crippen LogP contribution in [0.5, 0.6) is 0 Å².